The molecule has 0 aliphatic rings. The second-order valence-corrected chi connectivity index (χ2v) is 4.78. The number of nitriles is 1. The summed E-state index contributed by atoms with van der Waals surface area (Å²) in [6, 6.07) is 15.7. The monoisotopic (exact) mass is 240 g/mol. The van der Waals surface area contributed by atoms with Gasteiger partial charge in [0.2, 0.25) is 0 Å². The number of nitrogens with two attached hydrogens (primary N) is 1. The van der Waals surface area contributed by atoms with Crippen LogP contribution < -0.4 is 5.73 Å². The number of anilines is 1. The SMILES string of the molecule is Cc1ccccc1Sc1cccc(C#N)c1N. The molecule has 2 rings (SSSR count). The normalized spacial score (nSPS) is 9.88. The molecule has 0 spiro atoms. The highest BCUT2D eigenvalue weighted by Gasteiger charge is 2.07. The summed E-state index contributed by atoms with van der Waals surface area (Å²) < 4.78 is 0. The van der Waals surface area contributed by atoms with E-state index in [1.54, 1.807) is 17.8 Å². The first-order chi connectivity index (χ1) is 8.22. The van der Waals surface area contributed by atoms with Gasteiger partial charge in [-0.3, -0.25) is 0 Å². The van der Waals surface area contributed by atoms with Crippen LogP contribution >= 0.6 is 11.8 Å². The molecule has 0 fully saturated rings. The maximum absolute atomic E-state index is 8.92. The maximum atomic E-state index is 8.92. The van der Waals surface area contributed by atoms with E-state index >= 15 is 0 Å². The molecule has 2 N–H and O–H groups in total. The average molecular weight is 240 g/mol. The third-order valence-corrected chi connectivity index (χ3v) is 3.75. The lowest BCUT2D eigenvalue weighted by Gasteiger charge is -2.08. The van der Waals surface area contributed by atoms with Crippen molar-refractivity contribution in [2.24, 2.45) is 0 Å². The van der Waals surface area contributed by atoms with Gasteiger partial charge in [0.25, 0.3) is 0 Å². The zero-order chi connectivity index (χ0) is 12.3. The lowest BCUT2D eigenvalue weighted by atomic mass is 10.2. The first-order valence-electron chi connectivity index (χ1n) is 5.24. The summed E-state index contributed by atoms with van der Waals surface area (Å²) in [6.45, 7) is 2.06. The van der Waals surface area contributed by atoms with Crippen molar-refractivity contribution in [1.29, 1.82) is 5.26 Å². The highest BCUT2D eigenvalue weighted by Crippen LogP contribution is 2.34. The van der Waals surface area contributed by atoms with Crippen LogP contribution in [0.25, 0.3) is 0 Å². The van der Waals surface area contributed by atoms with Gasteiger partial charge in [-0.1, -0.05) is 36.0 Å². The van der Waals surface area contributed by atoms with Gasteiger partial charge in [0.15, 0.2) is 0 Å². The summed E-state index contributed by atoms with van der Waals surface area (Å²) in [4.78, 5) is 2.09. The Morgan fingerprint density at radius 2 is 1.76 bits per heavy atom. The number of benzene rings is 2. The van der Waals surface area contributed by atoms with Crippen LogP contribution in [-0.2, 0) is 0 Å². The van der Waals surface area contributed by atoms with Crippen LogP contribution in [0.1, 0.15) is 11.1 Å². The number of hydrogen-bond donors (Lipinski definition) is 1. The van der Waals surface area contributed by atoms with Crippen LogP contribution in [0.2, 0.25) is 0 Å². The second-order valence-electron chi connectivity index (χ2n) is 3.70. The molecule has 0 saturated carbocycles. The molecule has 0 atom stereocenters. The van der Waals surface area contributed by atoms with Crippen LogP contribution in [0.5, 0.6) is 0 Å². The summed E-state index contributed by atoms with van der Waals surface area (Å²) in [5.41, 5.74) is 8.25. The Morgan fingerprint density at radius 3 is 2.47 bits per heavy atom. The summed E-state index contributed by atoms with van der Waals surface area (Å²) >= 11 is 1.59. The summed E-state index contributed by atoms with van der Waals surface area (Å²) in [5.74, 6) is 0. The molecule has 84 valence electrons. The van der Waals surface area contributed by atoms with Gasteiger partial charge in [-0.25, -0.2) is 0 Å². The molecule has 0 heterocycles. The molecule has 0 radical (unpaired) electrons. The lowest BCUT2D eigenvalue weighted by molar-refractivity contribution is 1.29. The van der Waals surface area contributed by atoms with E-state index in [1.165, 1.54) is 5.56 Å². The number of aryl methyl sites for hydroxylation is 1. The third kappa shape index (κ3) is 2.43. The molecule has 2 aromatic carbocycles. The van der Waals surface area contributed by atoms with Crippen LogP contribution in [0.3, 0.4) is 0 Å². The quantitative estimate of drug-likeness (QED) is 0.816. The summed E-state index contributed by atoms with van der Waals surface area (Å²) in [6.07, 6.45) is 0. The average Bonchev–Trinajstić information content (AvgIpc) is 2.34. The van der Waals surface area contributed by atoms with E-state index in [-0.39, 0.29) is 0 Å². The van der Waals surface area contributed by atoms with Crippen LogP contribution in [0.4, 0.5) is 5.69 Å². The van der Waals surface area contributed by atoms with E-state index in [1.807, 2.05) is 24.3 Å². The predicted octanol–water partition coefficient (Wildman–Crippen LogP) is 3.60. The van der Waals surface area contributed by atoms with Crippen molar-refractivity contribution < 1.29 is 0 Å². The third-order valence-electron chi connectivity index (χ3n) is 2.50. The lowest BCUT2D eigenvalue weighted by Crippen LogP contribution is -1.93. The molecular weight excluding hydrogens is 228 g/mol. The number of nitrogens with zero attached hydrogens (tertiary/aromatic N) is 1. The molecule has 3 heteroatoms. The van der Waals surface area contributed by atoms with Crippen LogP contribution in [-0.4, -0.2) is 0 Å². The van der Waals surface area contributed by atoms with Crippen molar-refractivity contribution in [1.82, 2.24) is 0 Å². The molecule has 0 saturated heterocycles. The molecular formula is C14H12N2S. The predicted molar refractivity (Wildman–Crippen MR) is 70.9 cm³/mol. The van der Waals surface area contributed by atoms with Gasteiger partial charge in [0.1, 0.15) is 6.07 Å². The Balaban J connectivity index is 2.38. The molecule has 17 heavy (non-hydrogen) atoms. The molecule has 0 aromatic heterocycles. The first kappa shape index (κ1) is 11.6. The van der Waals surface area contributed by atoms with Gasteiger partial charge in [-0.2, -0.15) is 5.26 Å². The Morgan fingerprint density at radius 1 is 1.06 bits per heavy atom. The smallest absolute Gasteiger partial charge is 0.101 e. The summed E-state index contributed by atoms with van der Waals surface area (Å²) in [7, 11) is 0. The van der Waals surface area contributed by atoms with Crippen molar-refractivity contribution in [3.05, 3.63) is 53.6 Å². The van der Waals surface area contributed by atoms with Gasteiger partial charge in [0.05, 0.1) is 11.3 Å². The van der Waals surface area contributed by atoms with Crippen molar-refractivity contribution >= 4 is 17.4 Å². The zero-order valence-corrected chi connectivity index (χ0v) is 10.3. The van der Waals surface area contributed by atoms with Gasteiger partial charge in [0, 0.05) is 9.79 Å². The van der Waals surface area contributed by atoms with Gasteiger partial charge in [-0.15, -0.1) is 0 Å². The van der Waals surface area contributed by atoms with E-state index in [0.29, 0.717) is 11.3 Å². The van der Waals surface area contributed by atoms with Crippen LogP contribution in [0.15, 0.2) is 52.3 Å². The van der Waals surface area contributed by atoms with Gasteiger partial charge >= 0.3 is 0 Å². The number of hydrogen-bond acceptors (Lipinski definition) is 3. The van der Waals surface area contributed by atoms with Crippen molar-refractivity contribution in [2.75, 3.05) is 5.73 Å². The molecule has 2 aromatic rings. The highest BCUT2D eigenvalue weighted by atomic mass is 32.2. The van der Waals surface area contributed by atoms with Crippen molar-refractivity contribution in [3.8, 4) is 6.07 Å². The second kappa shape index (κ2) is 4.94. The Kier molecular flexibility index (Phi) is 3.36. The minimum absolute atomic E-state index is 0.531. The van der Waals surface area contributed by atoms with Gasteiger partial charge < -0.3 is 5.73 Å². The molecule has 0 aliphatic carbocycles. The van der Waals surface area contributed by atoms with Crippen LogP contribution in [0, 0.1) is 18.3 Å². The molecule has 0 amide bonds. The summed E-state index contributed by atoms with van der Waals surface area (Å²) in [5, 5.41) is 8.92. The zero-order valence-electron chi connectivity index (χ0n) is 9.47. The van der Waals surface area contributed by atoms with E-state index in [9.17, 15) is 0 Å². The van der Waals surface area contributed by atoms with Crippen molar-refractivity contribution in [3.63, 3.8) is 0 Å². The fourth-order valence-corrected chi connectivity index (χ4v) is 2.50. The van der Waals surface area contributed by atoms with E-state index < -0.39 is 0 Å². The Labute approximate surface area is 105 Å². The van der Waals surface area contributed by atoms with E-state index in [4.69, 9.17) is 11.0 Å². The standard InChI is InChI=1S/C14H12N2S/c1-10-5-2-3-7-12(10)17-13-8-4-6-11(9-15)14(13)16/h2-8H,16H2,1H3. The highest BCUT2D eigenvalue weighted by molar-refractivity contribution is 7.99. The largest absolute Gasteiger partial charge is 0.397 e. The fourth-order valence-electron chi connectivity index (χ4n) is 1.52. The minimum Gasteiger partial charge on any atom is -0.397 e. The van der Waals surface area contributed by atoms with E-state index in [0.717, 1.165) is 9.79 Å². The number of rotatable bonds is 2. The molecule has 2 nitrogen and oxygen atoms in total. The minimum atomic E-state index is 0.531. The number of para-hydroxylation sites is 1. The molecule has 0 aliphatic heterocycles. The maximum Gasteiger partial charge on any atom is 0.101 e. The van der Waals surface area contributed by atoms with Gasteiger partial charge in [-0.05, 0) is 30.7 Å². The van der Waals surface area contributed by atoms with Crippen molar-refractivity contribution in [2.45, 2.75) is 16.7 Å². The molecule has 0 bridgehead atoms. The van der Waals surface area contributed by atoms with E-state index in [2.05, 4.69) is 25.1 Å². The Bertz CT molecular complexity index is 585. The Hall–Kier alpha value is -1.92. The first-order valence-corrected chi connectivity index (χ1v) is 6.06. The number of nitrogen functional groups attached to an aromatic ring is 1. The molecule has 0 unspecified atom stereocenters. The topological polar surface area (TPSA) is 49.8 Å². The fraction of sp³-hybridized carbons (Fsp3) is 0.0714.